The van der Waals surface area contributed by atoms with Gasteiger partial charge in [-0.1, -0.05) is 19.1 Å². The van der Waals surface area contributed by atoms with Gasteiger partial charge >= 0.3 is 0 Å². The number of hydrogen-bond acceptors (Lipinski definition) is 6. The van der Waals surface area contributed by atoms with Crippen LogP contribution < -0.4 is 21.3 Å². The maximum atomic E-state index is 12.7. The van der Waals surface area contributed by atoms with E-state index in [1.165, 1.54) is 29.7 Å². The molecule has 0 unspecified atom stereocenters. The van der Waals surface area contributed by atoms with Crippen molar-refractivity contribution in [3.63, 3.8) is 0 Å². The van der Waals surface area contributed by atoms with Gasteiger partial charge in [0.25, 0.3) is 5.91 Å². The van der Waals surface area contributed by atoms with Gasteiger partial charge in [0.1, 0.15) is 9.71 Å². The molecule has 1 atom stereocenters. The number of pyridine rings is 1. The fraction of sp³-hybridized carbons (Fsp3) is 0.417. The van der Waals surface area contributed by atoms with E-state index in [1.54, 1.807) is 6.20 Å². The van der Waals surface area contributed by atoms with Crippen molar-refractivity contribution in [3.05, 3.63) is 53.0 Å². The van der Waals surface area contributed by atoms with Crippen molar-refractivity contribution in [1.29, 1.82) is 0 Å². The summed E-state index contributed by atoms with van der Waals surface area (Å²) >= 11 is 1.42. The highest BCUT2D eigenvalue weighted by Gasteiger charge is 2.23. The smallest absolute Gasteiger partial charge is 0.263 e. The number of fused-ring (bicyclic) bond motifs is 1. The van der Waals surface area contributed by atoms with E-state index in [4.69, 9.17) is 0 Å². The minimum atomic E-state index is -0.0561. The first-order valence-corrected chi connectivity index (χ1v) is 11.9. The molecule has 7 heteroatoms. The molecule has 1 fully saturated rings. The van der Waals surface area contributed by atoms with E-state index in [9.17, 15) is 4.79 Å². The van der Waals surface area contributed by atoms with E-state index < -0.39 is 0 Å². The second-order valence-electron chi connectivity index (χ2n) is 8.04. The van der Waals surface area contributed by atoms with Crippen molar-refractivity contribution >= 4 is 38.8 Å². The monoisotopic (exact) mass is 437 g/mol. The van der Waals surface area contributed by atoms with E-state index >= 15 is 0 Å². The molecule has 0 radical (unpaired) electrons. The second-order valence-corrected chi connectivity index (χ2v) is 9.04. The lowest BCUT2D eigenvalue weighted by molar-refractivity contribution is 0.0959. The highest BCUT2D eigenvalue weighted by molar-refractivity contribution is 7.21. The number of carbonyl (C=O) groups excluding carboxylic acids is 1. The van der Waals surface area contributed by atoms with E-state index in [-0.39, 0.29) is 5.91 Å². The zero-order valence-corrected chi connectivity index (χ0v) is 19.0. The van der Waals surface area contributed by atoms with Crippen LogP contribution >= 0.6 is 11.3 Å². The van der Waals surface area contributed by atoms with Crippen LogP contribution in [0.3, 0.4) is 0 Å². The summed E-state index contributed by atoms with van der Waals surface area (Å²) in [5, 5.41) is 14.4. The third kappa shape index (κ3) is 5.54. The standard InChI is InChI=1S/C24H31N5OS/c1-3-17(29-19-10-11-19)15-28-18-8-6-16(7-9-18)12-14-26-23(30)22-21(25-2)20-5-4-13-27-24(20)31-22/h4-9,13,17,19,25,28-29H,3,10-12,14-15H2,1-2H3,(H,26,30)/t17-/m0/s1. The fourth-order valence-electron chi connectivity index (χ4n) is 3.68. The molecule has 1 aromatic carbocycles. The van der Waals surface area contributed by atoms with Gasteiger partial charge in [-0.2, -0.15) is 0 Å². The highest BCUT2D eigenvalue weighted by atomic mass is 32.1. The Morgan fingerprint density at radius 3 is 2.74 bits per heavy atom. The molecule has 164 valence electrons. The molecule has 3 aromatic rings. The lowest BCUT2D eigenvalue weighted by Gasteiger charge is -2.18. The van der Waals surface area contributed by atoms with Crippen molar-refractivity contribution in [3.8, 4) is 0 Å². The number of carbonyl (C=O) groups is 1. The average molecular weight is 438 g/mol. The number of anilines is 2. The number of nitrogens with one attached hydrogen (secondary N) is 4. The van der Waals surface area contributed by atoms with Crippen LogP contribution in [0.2, 0.25) is 0 Å². The molecule has 0 saturated heterocycles. The number of rotatable bonds is 11. The van der Waals surface area contributed by atoms with Crippen molar-refractivity contribution in [1.82, 2.24) is 15.6 Å². The van der Waals surface area contributed by atoms with Crippen LogP contribution in [0.5, 0.6) is 0 Å². The quantitative estimate of drug-likeness (QED) is 0.361. The predicted molar refractivity (Wildman–Crippen MR) is 130 cm³/mol. The molecule has 4 N–H and O–H groups in total. The Hall–Kier alpha value is -2.64. The molecule has 4 rings (SSSR count). The predicted octanol–water partition coefficient (Wildman–Crippen LogP) is 4.25. The van der Waals surface area contributed by atoms with Gasteiger partial charge in [0, 0.05) is 49.5 Å². The minimum absolute atomic E-state index is 0.0561. The van der Waals surface area contributed by atoms with E-state index in [1.807, 2.05) is 19.2 Å². The number of amides is 1. The van der Waals surface area contributed by atoms with Crippen molar-refractivity contribution in [2.24, 2.45) is 0 Å². The molecule has 1 aliphatic rings. The molecule has 6 nitrogen and oxygen atoms in total. The Morgan fingerprint density at radius 1 is 1.23 bits per heavy atom. The van der Waals surface area contributed by atoms with E-state index in [0.29, 0.717) is 17.5 Å². The van der Waals surface area contributed by atoms with Crippen molar-refractivity contribution in [2.75, 3.05) is 30.8 Å². The number of thiophene rings is 1. The summed E-state index contributed by atoms with van der Waals surface area (Å²) in [6.07, 6.45) is 6.32. The Morgan fingerprint density at radius 2 is 2.03 bits per heavy atom. The molecule has 0 bridgehead atoms. The summed E-state index contributed by atoms with van der Waals surface area (Å²) in [4.78, 5) is 18.6. The molecule has 2 heterocycles. The number of aromatic nitrogens is 1. The van der Waals surface area contributed by atoms with Gasteiger partial charge in [0.2, 0.25) is 0 Å². The first kappa shape index (κ1) is 21.6. The third-order valence-electron chi connectivity index (χ3n) is 5.67. The van der Waals surface area contributed by atoms with Crippen LogP contribution in [-0.4, -0.2) is 43.1 Å². The normalized spacial score (nSPS) is 14.4. The summed E-state index contributed by atoms with van der Waals surface area (Å²) in [5.41, 5.74) is 3.20. The molecular formula is C24H31N5OS. The largest absolute Gasteiger partial charge is 0.386 e. The van der Waals surface area contributed by atoms with Gasteiger partial charge in [0.05, 0.1) is 5.69 Å². The molecule has 31 heavy (non-hydrogen) atoms. The van der Waals surface area contributed by atoms with Gasteiger partial charge in [-0.15, -0.1) is 11.3 Å². The Bertz CT molecular complexity index is 1010. The first-order valence-electron chi connectivity index (χ1n) is 11.1. The van der Waals surface area contributed by atoms with Crippen LogP contribution in [0.1, 0.15) is 41.4 Å². The SMILES string of the molecule is CC[C@@H](CNc1ccc(CCNC(=O)c2sc3ncccc3c2NC)cc1)NC1CC1. The second kappa shape index (κ2) is 10.1. The fourth-order valence-corrected chi connectivity index (χ4v) is 4.74. The van der Waals surface area contributed by atoms with Gasteiger partial charge in [-0.25, -0.2) is 4.98 Å². The summed E-state index contributed by atoms with van der Waals surface area (Å²) in [6, 6.07) is 13.6. The number of benzene rings is 1. The molecular weight excluding hydrogens is 406 g/mol. The Kier molecular flexibility index (Phi) is 7.04. The number of nitrogens with zero attached hydrogens (tertiary/aromatic N) is 1. The lowest BCUT2D eigenvalue weighted by Crippen LogP contribution is -2.36. The Balaban J connectivity index is 1.26. The molecule has 2 aromatic heterocycles. The topological polar surface area (TPSA) is 78.1 Å². The van der Waals surface area contributed by atoms with Crippen LogP contribution in [0.4, 0.5) is 11.4 Å². The van der Waals surface area contributed by atoms with Crippen molar-refractivity contribution in [2.45, 2.75) is 44.7 Å². The zero-order valence-electron chi connectivity index (χ0n) is 18.2. The summed E-state index contributed by atoms with van der Waals surface area (Å²) in [7, 11) is 1.84. The molecule has 0 spiro atoms. The molecule has 1 amide bonds. The molecule has 0 aliphatic heterocycles. The Labute approximate surface area is 187 Å². The lowest BCUT2D eigenvalue weighted by atomic mass is 10.1. The minimum Gasteiger partial charge on any atom is -0.386 e. The van der Waals surface area contributed by atoms with Gasteiger partial charge in [-0.05, 0) is 55.5 Å². The summed E-state index contributed by atoms with van der Waals surface area (Å²) in [6.45, 7) is 3.77. The van der Waals surface area contributed by atoms with E-state index in [0.717, 1.165) is 47.0 Å². The van der Waals surface area contributed by atoms with Gasteiger partial charge in [-0.3, -0.25) is 4.79 Å². The zero-order chi connectivity index (χ0) is 21.6. The summed E-state index contributed by atoms with van der Waals surface area (Å²) in [5.74, 6) is -0.0561. The van der Waals surface area contributed by atoms with Gasteiger partial charge in [0.15, 0.2) is 0 Å². The summed E-state index contributed by atoms with van der Waals surface area (Å²) < 4.78 is 0. The van der Waals surface area contributed by atoms with Crippen molar-refractivity contribution < 1.29 is 4.79 Å². The van der Waals surface area contributed by atoms with E-state index in [2.05, 4.69) is 57.4 Å². The maximum Gasteiger partial charge on any atom is 0.263 e. The average Bonchev–Trinajstić information content (AvgIpc) is 3.54. The molecule has 1 aliphatic carbocycles. The van der Waals surface area contributed by atoms with Crippen LogP contribution in [0.25, 0.3) is 10.2 Å². The maximum absolute atomic E-state index is 12.7. The van der Waals surface area contributed by atoms with Gasteiger partial charge < -0.3 is 21.3 Å². The molecule has 1 saturated carbocycles. The van der Waals surface area contributed by atoms with Crippen LogP contribution in [-0.2, 0) is 6.42 Å². The van der Waals surface area contributed by atoms with Crippen LogP contribution in [0, 0.1) is 0 Å². The third-order valence-corrected chi connectivity index (χ3v) is 6.78. The highest BCUT2D eigenvalue weighted by Crippen LogP contribution is 2.33. The number of hydrogen-bond donors (Lipinski definition) is 4. The van der Waals surface area contributed by atoms with Crippen LogP contribution in [0.15, 0.2) is 42.6 Å². The first-order chi connectivity index (χ1) is 15.2.